The third-order valence-electron chi connectivity index (χ3n) is 3.18. The van der Waals surface area contributed by atoms with E-state index in [1.807, 2.05) is 0 Å². The van der Waals surface area contributed by atoms with Gasteiger partial charge in [-0.1, -0.05) is 18.6 Å². The zero-order valence-corrected chi connectivity index (χ0v) is 9.93. The highest BCUT2D eigenvalue weighted by Crippen LogP contribution is 2.27. The maximum absolute atomic E-state index is 13.9. The molecule has 0 bridgehead atoms. The predicted molar refractivity (Wildman–Crippen MR) is 61.7 cm³/mol. The van der Waals surface area contributed by atoms with Crippen molar-refractivity contribution in [2.24, 2.45) is 0 Å². The number of piperidine rings is 1. The molecule has 1 aromatic carbocycles. The van der Waals surface area contributed by atoms with Crippen LogP contribution in [-0.2, 0) is 11.3 Å². The van der Waals surface area contributed by atoms with Gasteiger partial charge in [0, 0.05) is 24.3 Å². The van der Waals surface area contributed by atoms with Gasteiger partial charge in [-0.3, -0.25) is 0 Å². The summed E-state index contributed by atoms with van der Waals surface area (Å²) in [5, 5.41) is 3.22. The number of nitrogens with one attached hydrogen (secondary N) is 1. The second-order valence-corrected chi connectivity index (χ2v) is 4.38. The van der Waals surface area contributed by atoms with Crippen LogP contribution in [0.3, 0.4) is 0 Å². The van der Waals surface area contributed by atoms with Gasteiger partial charge < -0.3 is 10.1 Å². The molecule has 0 aliphatic carbocycles. The number of methoxy groups -OCH3 is 1. The molecule has 17 heavy (non-hydrogen) atoms. The van der Waals surface area contributed by atoms with Crippen LogP contribution in [-0.4, -0.2) is 13.7 Å². The molecule has 94 valence electrons. The summed E-state index contributed by atoms with van der Waals surface area (Å²) < 4.78 is 32.4. The molecular formula is C13H17F2NO. The lowest BCUT2D eigenvalue weighted by atomic mass is 9.96. The topological polar surface area (TPSA) is 21.3 Å². The van der Waals surface area contributed by atoms with E-state index in [1.54, 1.807) is 12.1 Å². The first-order valence-corrected chi connectivity index (χ1v) is 5.93. The standard InChI is InChI=1S/C13H17F2NO/c1-17-8-9-5-6-10(13(15)12(9)14)11-4-2-3-7-16-11/h5-6,11,16H,2-4,7-8H2,1H3. The number of rotatable bonds is 3. The van der Waals surface area contributed by atoms with E-state index in [-0.39, 0.29) is 18.2 Å². The van der Waals surface area contributed by atoms with E-state index in [2.05, 4.69) is 5.32 Å². The van der Waals surface area contributed by atoms with Crippen molar-refractivity contribution in [2.45, 2.75) is 31.9 Å². The van der Waals surface area contributed by atoms with E-state index in [9.17, 15) is 8.78 Å². The molecule has 0 aromatic heterocycles. The lowest BCUT2D eigenvalue weighted by molar-refractivity contribution is 0.180. The van der Waals surface area contributed by atoms with Gasteiger partial charge in [0.15, 0.2) is 11.6 Å². The fraction of sp³-hybridized carbons (Fsp3) is 0.538. The van der Waals surface area contributed by atoms with Gasteiger partial charge in [0.2, 0.25) is 0 Å². The first-order valence-electron chi connectivity index (χ1n) is 5.93. The molecule has 1 unspecified atom stereocenters. The Morgan fingerprint density at radius 3 is 2.76 bits per heavy atom. The molecule has 1 aliphatic rings. The number of benzene rings is 1. The average molecular weight is 241 g/mol. The number of hydrogen-bond acceptors (Lipinski definition) is 2. The van der Waals surface area contributed by atoms with E-state index >= 15 is 0 Å². The third-order valence-corrected chi connectivity index (χ3v) is 3.18. The largest absolute Gasteiger partial charge is 0.380 e. The Labute approximate surface area is 100.0 Å². The molecule has 0 spiro atoms. The van der Waals surface area contributed by atoms with Crippen LogP contribution in [0.5, 0.6) is 0 Å². The van der Waals surface area contributed by atoms with Crippen LogP contribution in [0, 0.1) is 11.6 Å². The van der Waals surface area contributed by atoms with Gasteiger partial charge >= 0.3 is 0 Å². The lowest BCUT2D eigenvalue weighted by Crippen LogP contribution is -2.27. The summed E-state index contributed by atoms with van der Waals surface area (Å²) in [6.07, 6.45) is 3.01. The second kappa shape index (κ2) is 5.56. The van der Waals surface area contributed by atoms with Crippen molar-refractivity contribution in [3.63, 3.8) is 0 Å². The van der Waals surface area contributed by atoms with Crippen LogP contribution >= 0.6 is 0 Å². The Bertz CT molecular complexity index is 389. The third kappa shape index (κ3) is 2.64. The van der Waals surface area contributed by atoms with Crippen molar-refractivity contribution in [2.75, 3.05) is 13.7 Å². The van der Waals surface area contributed by atoms with E-state index < -0.39 is 11.6 Å². The first kappa shape index (κ1) is 12.5. The Balaban J connectivity index is 2.26. The van der Waals surface area contributed by atoms with Gasteiger partial charge in [-0.2, -0.15) is 0 Å². The van der Waals surface area contributed by atoms with E-state index in [0.717, 1.165) is 25.8 Å². The normalized spacial score (nSPS) is 20.5. The van der Waals surface area contributed by atoms with Crippen LogP contribution in [0.2, 0.25) is 0 Å². The first-order chi connectivity index (χ1) is 8.24. The zero-order valence-electron chi connectivity index (χ0n) is 9.93. The van der Waals surface area contributed by atoms with Gasteiger partial charge in [-0.15, -0.1) is 0 Å². The van der Waals surface area contributed by atoms with Crippen molar-refractivity contribution >= 4 is 0 Å². The van der Waals surface area contributed by atoms with Gasteiger partial charge in [-0.25, -0.2) is 8.78 Å². The summed E-state index contributed by atoms with van der Waals surface area (Å²) in [4.78, 5) is 0. The van der Waals surface area contributed by atoms with Gasteiger partial charge in [0.05, 0.1) is 6.61 Å². The fourth-order valence-electron chi connectivity index (χ4n) is 2.26. The van der Waals surface area contributed by atoms with Crippen molar-refractivity contribution < 1.29 is 13.5 Å². The van der Waals surface area contributed by atoms with Crippen molar-refractivity contribution in [3.8, 4) is 0 Å². The van der Waals surface area contributed by atoms with Crippen molar-refractivity contribution in [1.29, 1.82) is 0 Å². The summed E-state index contributed by atoms with van der Waals surface area (Å²) in [6.45, 7) is 0.965. The smallest absolute Gasteiger partial charge is 0.164 e. The molecule has 1 atom stereocenters. The fourth-order valence-corrected chi connectivity index (χ4v) is 2.26. The monoisotopic (exact) mass is 241 g/mol. The van der Waals surface area contributed by atoms with E-state index in [0.29, 0.717) is 5.56 Å². The minimum Gasteiger partial charge on any atom is -0.380 e. The van der Waals surface area contributed by atoms with Crippen LogP contribution < -0.4 is 5.32 Å². The zero-order chi connectivity index (χ0) is 12.3. The quantitative estimate of drug-likeness (QED) is 0.878. The molecule has 1 N–H and O–H groups in total. The second-order valence-electron chi connectivity index (χ2n) is 4.38. The van der Waals surface area contributed by atoms with E-state index in [4.69, 9.17) is 4.74 Å². The highest BCUT2D eigenvalue weighted by molar-refractivity contribution is 5.28. The number of hydrogen-bond donors (Lipinski definition) is 1. The van der Waals surface area contributed by atoms with Crippen molar-refractivity contribution in [3.05, 3.63) is 34.9 Å². The summed E-state index contributed by atoms with van der Waals surface area (Å²) in [6, 6.07) is 3.21. The van der Waals surface area contributed by atoms with Crippen LogP contribution in [0.15, 0.2) is 12.1 Å². The SMILES string of the molecule is COCc1ccc(C2CCCCN2)c(F)c1F. The number of ether oxygens (including phenoxy) is 1. The molecule has 2 nitrogen and oxygen atoms in total. The molecule has 1 aliphatic heterocycles. The molecule has 2 rings (SSSR count). The summed E-state index contributed by atoms with van der Waals surface area (Å²) in [5.74, 6) is -1.52. The molecule has 1 heterocycles. The summed E-state index contributed by atoms with van der Waals surface area (Å²) >= 11 is 0. The van der Waals surface area contributed by atoms with Gasteiger partial charge in [0.25, 0.3) is 0 Å². The molecule has 0 saturated carbocycles. The highest BCUT2D eigenvalue weighted by Gasteiger charge is 2.21. The molecular weight excluding hydrogens is 224 g/mol. The van der Waals surface area contributed by atoms with Crippen LogP contribution in [0.4, 0.5) is 8.78 Å². The van der Waals surface area contributed by atoms with Crippen LogP contribution in [0.25, 0.3) is 0 Å². The highest BCUT2D eigenvalue weighted by atomic mass is 19.2. The molecule has 1 aromatic rings. The maximum Gasteiger partial charge on any atom is 0.164 e. The van der Waals surface area contributed by atoms with Crippen molar-refractivity contribution in [1.82, 2.24) is 5.32 Å². The Morgan fingerprint density at radius 1 is 1.29 bits per heavy atom. The minimum absolute atomic E-state index is 0.0603. The Hall–Kier alpha value is -1.00. The summed E-state index contributed by atoms with van der Waals surface area (Å²) in [5.41, 5.74) is 0.701. The van der Waals surface area contributed by atoms with Gasteiger partial charge in [0.1, 0.15) is 0 Å². The summed E-state index contributed by atoms with van der Waals surface area (Å²) in [7, 11) is 1.47. The molecule has 1 saturated heterocycles. The molecule has 0 radical (unpaired) electrons. The lowest BCUT2D eigenvalue weighted by Gasteiger charge is -2.24. The molecule has 4 heteroatoms. The number of halogens is 2. The average Bonchev–Trinajstić information content (AvgIpc) is 2.36. The Kier molecular flexibility index (Phi) is 4.07. The molecule has 1 fully saturated rings. The molecule has 0 amide bonds. The maximum atomic E-state index is 13.9. The van der Waals surface area contributed by atoms with Crippen LogP contribution in [0.1, 0.15) is 36.4 Å². The van der Waals surface area contributed by atoms with Gasteiger partial charge in [-0.05, 0) is 19.4 Å². The Morgan fingerprint density at radius 2 is 2.12 bits per heavy atom. The van der Waals surface area contributed by atoms with E-state index in [1.165, 1.54) is 7.11 Å². The minimum atomic E-state index is -0.781. The predicted octanol–water partition coefficient (Wildman–Crippen LogP) is 2.93.